The monoisotopic (exact) mass is 454 g/mol. The molecule has 0 amide bonds. The van der Waals surface area contributed by atoms with Gasteiger partial charge in [0.05, 0.1) is 23.3 Å². The number of ketones is 1. The highest BCUT2D eigenvalue weighted by molar-refractivity contribution is 5.97. The lowest BCUT2D eigenvalue weighted by Gasteiger charge is -2.08. The van der Waals surface area contributed by atoms with Crippen molar-refractivity contribution in [2.24, 2.45) is 0 Å². The molecule has 0 spiro atoms. The van der Waals surface area contributed by atoms with E-state index in [0.29, 0.717) is 29.7 Å². The van der Waals surface area contributed by atoms with Crippen LogP contribution in [0.1, 0.15) is 87.4 Å². The predicted octanol–water partition coefficient (Wildman–Crippen LogP) is 5.03. The zero-order valence-corrected chi connectivity index (χ0v) is 19.1. The molecule has 0 bridgehead atoms. The highest BCUT2D eigenvalue weighted by Crippen LogP contribution is 2.11. The fourth-order valence-corrected chi connectivity index (χ4v) is 2.84. The number of rotatable bonds is 13. The van der Waals surface area contributed by atoms with Crippen LogP contribution in [0.3, 0.4) is 0 Å². The topological polar surface area (TPSA) is 96.0 Å². The molecule has 0 N–H and O–H groups in total. The average molecular weight is 455 g/mol. The van der Waals surface area contributed by atoms with E-state index in [0.717, 1.165) is 25.7 Å². The number of carbonyl (C=O) groups excluding carboxylic acids is 4. The van der Waals surface area contributed by atoms with Crippen LogP contribution in [0.5, 0.6) is 0 Å². The molecule has 0 aliphatic carbocycles. The van der Waals surface area contributed by atoms with E-state index in [1.54, 1.807) is 24.3 Å². The largest absolute Gasteiger partial charge is 0.462 e. The van der Waals surface area contributed by atoms with Gasteiger partial charge in [-0.25, -0.2) is 14.4 Å². The molecule has 7 heteroatoms. The average Bonchev–Trinajstić information content (AvgIpc) is 2.85. The number of carbonyl (C=O) groups is 4. The van der Waals surface area contributed by atoms with Gasteiger partial charge in [-0.3, -0.25) is 4.79 Å². The molecule has 2 aromatic rings. The van der Waals surface area contributed by atoms with Crippen molar-refractivity contribution in [3.05, 3.63) is 70.8 Å². The second-order valence-electron chi connectivity index (χ2n) is 7.44. The van der Waals surface area contributed by atoms with Crippen LogP contribution >= 0.6 is 0 Å². The number of Topliss-reactive ketones (excluding diaryl/α,β-unsaturated/α-hetero) is 1. The number of hydrogen-bond acceptors (Lipinski definition) is 7. The zero-order chi connectivity index (χ0) is 24.1. The summed E-state index contributed by atoms with van der Waals surface area (Å²) >= 11 is 0. The smallest absolute Gasteiger partial charge is 0.338 e. The van der Waals surface area contributed by atoms with Crippen LogP contribution in [0.4, 0.5) is 0 Å². The molecule has 0 fully saturated rings. The fourth-order valence-electron chi connectivity index (χ4n) is 2.84. The molecule has 0 saturated carbocycles. The Morgan fingerprint density at radius 3 is 1.30 bits per heavy atom. The van der Waals surface area contributed by atoms with E-state index >= 15 is 0 Å². The van der Waals surface area contributed by atoms with Gasteiger partial charge in [0.1, 0.15) is 13.2 Å². The minimum absolute atomic E-state index is 0.0464. The Bertz CT molecular complexity index is 930. The number of ether oxygens (including phenoxy) is 3. The van der Waals surface area contributed by atoms with Crippen LogP contribution in [-0.4, -0.2) is 43.5 Å². The SMILES string of the molecule is CCCCOC(=O)c1ccc(C(=O)OCCOC(=O)c2ccc(C(=O)CCCC)cc2)cc1. The van der Waals surface area contributed by atoms with Crippen LogP contribution in [0.15, 0.2) is 48.5 Å². The van der Waals surface area contributed by atoms with Gasteiger partial charge in [0.2, 0.25) is 0 Å². The van der Waals surface area contributed by atoms with E-state index in [1.165, 1.54) is 24.3 Å². The molecule has 0 radical (unpaired) electrons. The molecule has 33 heavy (non-hydrogen) atoms. The highest BCUT2D eigenvalue weighted by Gasteiger charge is 2.13. The van der Waals surface area contributed by atoms with Gasteiger partial charge in [-0.1, -0.05) is 38.8 Å². The number of unbranched alkanes of at least 4 members (excludes halogenated alkanes) is 2. The normalized spacial score (nSPS) is 10.4. The summed E-state index contributed by atoms with van der Waals surface area (Å²) in [7, 11) is 0. The third kappa shape index (κ3) is 8.52. The molecule has 2 rings (SSSR count). The predicted molar refractivity (Wildman–Crippen MR) is 122 cm³/mol. The van der Waals surface area contributed by atoms with E-state index in [9.17, 15) is 19.2 Å². The molecule has 2 aromatic carbocycles. The fraction of sp³-hybridized carbons (Fsp3) is 0.385. The molecular formula is C26H30O7. The van der Waals surface area contributed by atoms with Crippen molar-refractivity contribution in [3.8, 4) is 0 Å². The lowest BCUT2D eigenvalue weighted by Crippen LogP contribution is -2.14. The summed E-state index contributed by atoms with van der Waals surface area (Å²) in [5, 5.41) is 0. The molecule has 0 atom stereocenters. The first-order valence-electron chi connectivity index (χ1n) is 11.2. The Kier molecular flexibility index (Phi) is 10.8. The summed E-state index contributed by atoms with van der Waals surface area (Å²) in [5.41, 5.74) is 1.51. The van der Waals surface area contributed by atoms with Gasteiger partial charge in [0.15, 0.2) is 5.78 Å². The maximum atomic E-state index is 12.1. The van der Waals surface area contributed by atoms with Gasteiger partial charge in [0, 0.05) is 12.0 Å². The first-order chi connectivity index (χ1) is 16.0. The molecule has 176 valence electrons. The van der Waals surface area contributed by atoms with E-state index in [-0.39, 0.29) is 24.6 Å². The van der Waals surface area contributed by atoms with E-state index in [2.05, 4.69) is 0 Å². The Hall–Kier alpha value is -3.48. The van der Waals surface area contributed by atoms with Crippen LogP contribution < -0.4 is 0 Å². The van der Waals surface area contributed by atoms with E-state index in [4.69, 9.17) is 14.2 Å². The van der Waals surface area contributed by atoms with Gasteiger partial charge in [-0.2, -0.15) is 0 Å². The second kappa shape index (κ2) is 13.8. The lowest BCUT2D eigenvalue weighted by atomic mass is 10.0. The summed E-state index contributed by atoms with van der Waals surface area (Å²) in [6.45, 7) is 4.17. The second-order valence-corrected chi connectivity index (χ2v) is 7.44. The summed E-state index contributed by atoms with van der Waals surface area (Å²) < 4.78 is 15.3. The Labute approximate surface area is 194 Å². The van der Waals surface area contributed by atoms with Crippen LogP contribution in [0, 0.1) is 0 Å². The molecule has 0 unspecified atom stereocenters. The first-order valence-corrected chi connectivity index (χ1v) is 11.2. The van der Waals surface area contributed by atoms with Gasteiger partial charge in [-0.05, 0) is 49.2 Å². The van der Waals surface area contributed by atoms with Gasteiger partial charge in [-0.15, -0.1) is 0 Å². The minimum Gasteiger partial charge on any atom is -0.462 e. The van der Waals surface area contributed by atoms with Crippen molar-refractivity contribution in [2.45, 2.75) is 46.0 Å². The summed E-state index contributed by atoms with van der Waals surface area (Å²) in [6.07, 6.45) is 3.98. The highest BCUT2D eigenvalue weighted by atomic mass is 16.6. The van der Waals surface area contributed by atoms with Crippen molar-refractivity contribution in [1.29, 1.82) is 0 Å². The number of hydrogen-bond donors (Lipinski definition) is 0. The first kappa shape index (κ1) is 25.8. The van der Waals surface area contributed by atoms with Crippen molar-refractivity contribution in [1.82, 2.24) is 0 Å². The minimum atomic E-state index is -0.591. The standard InChI is InChI=1S/C26H30O7/c1-3-5-7-23(27)19-8-10-20(11-9-19)25(29)32-17-18-33-26(30)22-14-12-21(13-15-22)24(28)31-16-6-4-2/h8-15H,3-7,16-18H2,1-2H3. The van der Waals surface area contributed by atoms with Gasteiger partial charge < -0.3 is 14.2 Å². The summed E-state index contributed by atoms with van der Waals surface area (Å²) in [6, 6.07) is 12.3. The summed E-state index contributed by atoms with van der Waals surface area (Å²) in [5.74, 6) is -1.55. The van der Waals surface area contributed by atoms with Crippen molar-refractivity contribution < 1.29 is 33.4 Å². The Morgan fingerprint density at radius 1 is 0.545 bits per heavy atom. The van der Waals surface area contributed by atoms with Gasteiger partial charge in [0.25, 0.3) is 0 Å². The van der Waals surface area contributed by atoms with Gasteiger partial charge >= 0.3 is 17.9 Å². The van der Waals surface area contributed by atoms with Crippen molar-refractivity contribution in [3.63, 3.8) is 0 Å². The number of benzene rings is 2. The van der Waals surface area contributed by atoms with Crippen LogP contribution in [-0.2, 0) is 14.2 Å². The lowest BCUT2D eigenvalue weighted by molar-refractivity contribution is 0.0265. The quantitative estimate of drug-likeness (QED) is 0.181. The maximum absolute atomic E-state index is 12.1. The third-order valence-electron chi connectivity index (χ3n) is 4.84. The Balaban J connectivity index is 1.74. The van der Waals surface area contributed by atoms with E-state index < -0.39 is 17.9 Å². The van der Waals surface area contributed by atoms with Crippen molar-refractivity contribution in [2.75, 3.05) is 19.8 Å². The maximum Gasteiger partial charge on any atom is 0.338 e. The zero-order valence-electron chi connectivity index (χ0n) is 19.1. The molecule has 7 nitrogen and oxygen atoms in total. The summed E-state index contributed by atoms with van der Waals surface area (Å²) in [4.78, 5) is 48.1. The third-order valence-corrected chi connectivity index (χ3v) is 4.84. The molecule has 0 aliphatic rings. The molecule has 0 aliphatic heterocycles. The molecule has 0 saturated heterocycles. The van der Waals surface area contributed by atoms with Crippen molar-refractivity contribution >= 4 is 23.7 Å². The Morgan fingerprint density at radius 2 is 0.909 bits per heavy atom. The molecule has 0 heterocycles. The van der Waals surface area contributed by atoms with Crippen LogP contribution in [0.25, 0.3) is 0 Å². The molecule has 0 aromatic heterocycles. The number of esters is 3. The van der Waals surface area contributed by atoms with E-state index in [1.807, 2.05) is 13.8 Å². The molecular weight excluding hydrogens is 424 g/mol. The van der Waals surface area contributed by atoms with Crippen LogP contribution in [0.2, 0.25) is 0 Å².